The number of hydrogen-bond acceptors (Lipinski definition) is 5. The fourth-order valence-corrected chi connectivity index (χ4v) is 3.87. The summed E-state index contributed by atoms with van der Waals surface area (Å²) < 4.78 is 1.96. The molecule has 8 nitrogen and oxygen atoms in total. The lowest BCUT2D eigenvalue weighted by molar-refractivity contribution is 0.312. The first-order valence-corrected chi connectivity index (χ1v) is 10.5. The van der Waals surface area contributed by atoms with Crippen LogP contribution < -0.4 is 15.5 Å². The van der Waals surface area contributed by atoms with E-state index in [1.54, 1.807) is 7.05 Å². The van der Waals surface area contributed by atoms with Gasteiger partial charge in [0.1, 0.15) is 0 Å². The molecule has 9 heteroatoms. The Labute approximate surface area is 181 Å². The number of pyridine rings is 1. The van der Waals surface area contributed by atoms with Crippen LogP contribution in [0.1, 0.15) is 11.4 Å². The van der Waals surface area contributed by atoms with E-state index in [0.717, 1.165) is 48.2 Å². The zero-order valence-corrected chi connectivity index (χ0v) is 18.1. The van der Waals surface area contributed by atoms with Crippen LogP contribution in [0.4, 0.5) is 5.69 Å². The predicted molar refractivity (Wildman–Crippen MR) is 121 cm³/mol. The largest absolute Gasteiger partial charge is 0.369 e. The molecule has 2 N–H and O–H groups in total. The first-order valence-electron chi connectivity index (χ1n) is 10.1. The summed E-state index contributed by atoms with van der Waals surface area (Å²) in [6.45, 7) is 5.19. The highest BCUT2D eigenvalue weighted by molar-refractivity contribution is 6.31. The third-order valence-electron chi connectivity index (χ3n) is 5.39. The fraction of sp³-hybridized carbons (Fsp3) is 0.381. The van der Waals surface area contributed by atoms with E-state index in [-0.39, 0.29) is 0 Å². The van der Waals surface area contributed by atoms with Crippen LogP contribution in [0.5, 0.6) is 0 Å². The Morgan fingerprint density at radius 1 is 1.03 bits per heavy atom. The van der Waals surface area contributed by atoms with Crippen molar-refractivity contribution in [2.75, 3.05) is 45.2 Å². The van der Waals surface area contributed by atoms with E-state index in [1.807, 2.05) is 40.9 Å². The van der Waals surface area contributed by atoms with Gasteiger partial charge in [-0.1, -0.05) is 23.7 Å². The highest BCUT2D eigenvalue weighted by atomic mass is 35.5. The molecule has 0 aliphatic carbocycles. The van der Waals surface area contributed by atoms with Gasteiger partial charge >= 0.3 is 0 Å². The number of anilines is 1. The van der Waals surface area contributed by atoms with Gasteiger partial charge in [-0.15, -0.1) is 10.2 Å². The van der Waals surface area contributed by atoms with Crippen LogP contribution >= 0.6 is 11.6 Å². The molecule has 0 amide bonds. The molecule has 0 atom stereocenters. The van der Waals surface area contributed by atoms with Gasteiger partial charge < -0.3 is 20.4 Å². The van der Waals surface area contributed by atoms with E-state index in [9.17, 15) is 0 Å². The summed E-state index contributed by atoms with van der Waals surface area (Å²) in [5, 5.41) is 15.9. The molecule has 0 bridgehead atoms. The van der Waals surface area contributed by atoms with Gasteiger partial charge in [0.05, 0.1) is 6.54 Å². The van der Waals surface area contributed by atoms with E-state index >= 15 is 0 Å². The Bertz CT molecular complexity index is 1020. The zero-order chi connectivity index (χ0) is 20.9. The van der Waals surface area contributed by atoms with Crippen LogP contribution in [-0.2, 0) is 13.1 Å². The van der Waals surface area contributed by atoms with Crippen molar-refractivity contribution >= 4 is 28.9 Å². The first kappa shape index (κ1) is 20.4. The molecule has 30 heavy (non-hydrogen) atoms. The normalized spacial score (nSPS) is 15.6. The lowest BCUT2D eigenvalue weighted by Gasteiger charge is -2.35. The van der Waals surface area contributed by atoms with Crippen molar-refractivity contribution < 1.29 is 0 Å². The van der Waals surface area contributed by atoms with Crippen molar-refractivity contribution in [3.63, 3.8) is 0 Å². The molecular formula is C21H27ClN8. The van der Waals surface area contributed by atoms with Gasteiger partial charge in [0.2, 0.25) is 0 Å². The van der Waals surface area contributed by atoms with E-state index in [0.29, 0.717) is 19.0 Å². The maximum absolute atomic E-state index is 6.57. The number of aromatic nitrogens is 3. The second-order valence-electron chi connectivity index (χ2n) is 7.35. The molecule has 0 spiro atoms. The van der Waals surface area contributed by atoms with Gasteiger partial charge in [-0.2, -0.15) is 0 Å². The third kappa shape index (κ3) is 4.49. The van der Waals surface area contributed by atoms with Crippen molar-refractivity contribution in [3.8, 4) is 0 Å². The lowest BCUT2D eigenvalue weighted by Crippen LogP contribution is -2.45. The Kier molecular flexibility index (Phi) is 6.35. The highest BCUT2D eigenvalue weighted by Gasteiger charge is 2.18. The quantitative estimate of drug-likeness (QED) is 0.480. The number of nitrogens with zero attached hydrogens (tertiary/aromatic N) is 6. The summed E-state index contributed by atoms with van der Waals surface area (Å²) in [6, 6.07) is 11.9. The summed E-state index contributed by atoms with van der Waals surface area (Å²) in [6.07, 6.45) is 1.95. The number of piperazine rings is 1. The number of fused-ring (bicyclic) bond motifs is 1. The van der Waals surface area contributed by atoms with E-state index < -0.39 is 0 Å². The molecule has 0 radical (unpaired) electrons. The minimum absolute atomic E-state index is 0.513. The second-order valence-corrected chi connectivity index (χ2v) is 7.76. The second kappa shape index (κ2) is 9.32. The first-order chi connectivity index (χ1) is 14.7. The summed E-state index contributed by atoms with van der Waals surface area (Å²) in [7, 11) is 3.91. The Hall–Kier alpha value is -2.84. The molecule has 3 heterocycles. The number of hydrogen-bond donors (Lipinski definition) is 2. The van der Waals surface area contributed by atoms with Gasteiger partial charge in [-0.25, -0.2) is 0 Å². The van der Waals surface area contributed by atoms with Crippen LogP contribution in [0.15, 0.2) is 47.6 Å². The topological polar surface area (TPSA) is 73.1 Å². The zero-order valence-electron chi connectivity index (χ0n) is 17.3. The molecule has 4 rings (SSSR count). The summed E-state index contributed by atoms with van der Waals surface area (Å²) in [4.78, 5) is 9.09. The third-order valence-corrected chi connectivity index (χ3v) is 5.75. The average molecular weight is 427 g/mol. The Balaban J connectivity index is 1.42. The monoisotopic (exact) mass is 426 g/mol. The predicted octanol–water partition coefficient (Wildman–Crippen LogP) is 2.00. The standard InChI is InChI=1S/C21H27ClN8/c1-23-21(25-15-20-27-26-19-8-3-4-9-30(19)20)24-14-16-17(22)6-5-7-18(16)29-12-10-28(2)11-13-29/h3-9H,10-15H2,1-2H3,(H2,23,24,25). The van der Waals surface area contributed by atoms with Crippen molar-refractivity contribution in [2.24, 2.45) is 4.99 Å². The van der Waals surface area contributed by atoms with Gasteiger partial charge in [0, 0.05) is 62.2 Å². The minimum atomic E-state index is 0.513. The fourth-order valence-electron chi connectivity index (χ4n) is 3.63. The molecular weight excluding hydrogens is 400 g/mol. The van der Waals surface area contributed by atoms with Crippen LogP contribution in [0.2, 0.25) is 5.02 Å². The lowest BCUT2D eigenvalue weighted by atomic mass is 10.1. The van der Waals surface area contributed by atoms with E-state index in [1.165, 1.54) is 5.69 Å². The molecule has 2 aromatic heterocycles. The van der Waals surface area contributed by atoms with Crippen LogP contribution in [0.25, 0.3) is 5.65 Å². The highest BCUT2D eigenvalue weighted by Crippen LogP contribution is 2.28. The minimum Gasteiger partial charge on any atom is -0.369 e. The van der Waals surface area contributed by atoms with Gasteiger partial charge in [-0.3, -0.25) is 9.39 Å². The van der Waals surface area contributed by atoms with Crippen LogP contribution in [-0.4, -0.2) is 65.7 Å². The number of guanidine groups is 1. The van der Waals surface area contributed by atoms with Crippen LogP contribution in [0.3, 0.4) is 0 Å². The molecule has 1 fully saturated rings. The molecule has 1 aliphatic heterocycles. The number of likely N-dealkylation sites (N-methyl/N-ethyl adjacent to an activating group) is 1. The number of aliphatic imine (C=N–C) groups is 1. The Morgan fingerprint density at radius 3 is 2.63 bits per heavy atom. The number of halogens is 1. The van der Waals surface area contributed by atoms with Gasteiger partial charge in [-0.05, 0) is 31.3 Å². The Morgan fingerprint density at radius 2 is 1.83 bits per heavy atom. The smallest absolute Gasteiger partial charge is 0.191 e. The molecule has 0 saturated carbocycles. The van der Waals surface area contributed by atoms with Crippen molar-refractivity contribution in [1.82, 2.24) is 30.1 Å². The van der Waals surface area contributed by atoms with Crippen molar-refractivity contribution in [2.45, 2.75) is 13.1 Å². The van der Waals surface area contributed by atoms with Crippen molar-refractivity contribution in [1.29, 1.82) is 0 Å². The number of nitrogens with one attached hydrogen (secondary N) is 2. The van der Waals surface area contributed by atoms with E-state index in [2.05, 4.69) is 48.7 Å². The van der Waals surface area contributed by atoms with Gasteiger partial charge in [0.25, 0.3) is 0 Å². The molecule has 1 aliphatic rings. The molecule has 1 saturated heterocycles. The molecule has 3 aromatic rings. The number of rotatable bonds is 5. The summed E-state index contributed by atoms with van der Waals surface area (Å²) in [5.41, 5.74) is 3.09. The summed E-state index contributed by atoms with van der Waals surface area (Å²) in [5.74, 6) is 1.51. The summed E-state index contributed by atoms with van der Waals surface area (Å²) >= 11 is 6.57. The molecule has 158 valence electrons. The number of benzene rings is 1. The van der Waals surface area contributed by atoms with E-state index in [4.69, 9.17) is 11.6 Å². The van der Waals surface area contributed by atoms with Crippen molar-refractivity contribution in [3.05, 3.63) is 59.0 Å². The molecule has 0 unspecified atom stereocenters. The van der Waals surface area contributed by atoms with Crippen LogP contribution in [0, 0.1) is 0 Å². The maximum atomic E-state index is 6.57. The maximum Gasteiger partial charge on any atom is 0.191 e. The average Bonchev–Trinajstić information content (AvgIpc) is 3.18. The van der Waals surface area contributed by atoms with Gasteiger partial charge in [0.15, 0.2) is 17.4 Å². The SMILES string of the molecule is CN=C(NCc1c(Cl)cccc1N1CCN(C)CC1)NCc1nnc2ccccn12. The molecule has 1 aromatic carbocycles.